The minimum Gasteiger partial charge on any atom is -0.363 e. The normalized spacial score (nSPS) is 11.4. The number of aromatic nitrogens is 1. The summed E-state index contributed by atoms with van der Waals surface area (Å²) in [5, 5.41) is 7.64. The fourth-order valence-electron chi connectivity index (χ4n) is 3.12. The van der Waals surface area contributed by atoms with Crippen molar-refractivity contribution < 1.29 is 4.79 Å². The van der Waals surface area contributed by atoms with Crippen molar-refractivity contribution in [3.63, 3.8) is 0 Å². The quantitative estimate of drug-likeness (QED) is 0.502. The second-order valence-corrected chi connectivity index (χ2v) is 6.99. The molecule has 29 heavy (non-hydrogen) atoms. The number of carbonyl (C=O) groups is 1. The summed E-state index contributed by atoms with van der Waals surface area (Å²) in [6, 6.07) is 10.2. The highest BCUT2D eigenvalue weighted by Crippen LogP contribution is 2.22. The van der Waals surface area contributed by atoms with Crippen molar-refractivity contribution in [2.24, 2.45) is 4.99 Å². The second-order valence-electron chi connectivity index (χ2n) is 6.99. The fraction of sp³-hybridized carbons (Fsp3) is 0.500. The molecule has 1 amide bonds. The van der Waals surface area contributed by atoms with E-state index in [1.165, 1.54) is 0 Å². The van der Waals surface area contributed by atoms with E-state index in [1.807, 2.05) is 62.9 Å². The summed E-state index contributed by atoms with van der Waals surface area (Å²) in [5.74, 6) is 1.79. The average molecular weight is 399 g/mol. The maximum atomic E-state index is 12.2. The van der Waals surface area contributed by atoms with Gasteiger partial charge in [-0.25, -0.2) is 9.98 Å². The number of benzene rings is 1. The topological polar surface area (TPSA) is 72.9 Å². The van der Waals surface area contributed by atoms with Crippen LogP contribution in [0.25, 0.3) is 10.9 Å². The fourth-order valence-corrected chi connectivity index (χ4v) is 3.12. The van der Waals surface area contributed by atoms with Gasteiger partial charge < -0.3 is 20.4 Å². The third kappa shape index (κ3) is 6.34. The summed E-state index contributed by atoms with van der Waals surface area (Å²) in [7, 11) is 3.98. The van der Waals surface area contributed by atoms with Gasteiger partial charge in [0.2, 0.25) is 5.91 Å². The number of pyridine rings is 1. The first-order chi connectivity index (χ1) is 14.0. The smallest absolute Gasteiger partial charge is 0.224 e. The number of nitrogens with zero attached hydrogens (tertiary/aromatic N) is 4. The first-order valence-corrected chi connectivity index (χ1v) is 10.4. The Morgan fingerprint density at radius 2 is 1.83 bits per heavy atom. The number of para-hydroxylation sites is 1. The molecular weight excluding hydrogens is 364 g/mol. The number of carbonyl (C=O) groups excluding carboxylic acids is 1. The minimum atomic E-state index is 0.161. The highest BCUT2D eigenvalue weighted by Gasteiger charge is 2.10. The summed E-state index contributed by atoms with van der Waals surface area (Å²) >= 11 is 0. The Balaban J connectivity index is 2.12. The van der Waals surface area contributed by atoms with Crippen LogP contribution in [-0.4, -0.2) is 62.0 Å². The third-order valence-electron chi connectivity index (χ3n) is 4.75. The SMILES string of the molecule is CCNC(=NCc1cc(N(C)C)nc2ccccc12)NCCC(=O)N(CC)CC. The molecule has 0 spiro atoms. The van der Waals surface area contributed by atoms with Crippen LogP contribution in [0, 0.1) is 0 Å². The predicted molar refractivity (Wildman–Crippen MR) is 121 cm³/mol. The third-order valence-corrected chi connectivity index (χ3v) is 4.75. The first-order valence-electron chi connectivity index (χ1n) is 10.4. The van der Waals surface area contributed by atoms with Crippen LogP contribution < -0.4 is 15.5 Å². The molecule has 2 aromatic rings. The molecule has 0 aliphatic rings. The molecule has 2 N–H and O–H groups in total. The van der Waals surface area contributed by atoms with E-state index in [1.54, 1.807) is 0 Å². The van der Waals surface area contributed by atoms with Gasteiger partial charge in [0.1, 0.15) is 5.82 Å². The molecule has 7 heteroatoms. The zero-order chi connectivity index (χ0) is 21.2. The predicted octanol–water partition coefficient (Wildman–Crippen LogP) is 2.61. The van der Waals surface area contributed by atoms with Crippen molar-refractivity contribution in [3.8, 4) is 0 Å². The van der Waals surface area contributed by atoms with Crippen molar-refractivity contribution in [3.05, 3.63) is 35.9 Å². The van der Waals surface area contributed by atoms with E-state index in [0.717, 1.165) is 41.9 Å². The number of nitrogens with one attached hydrogen (secondary N) is 2. The van der Waals surface area contributed by atoms with Crippen molar-refractivity contribution in [2.45, 2.75) is 33.7 Å². The van der Waals surface area contributed by atoms with Crippen LogP contribution in [-0.2, 0) is 11.3 Å². The van der Waals surface area contributed by atoms with Gasteiger partial charge in [-0.1, -0.05) is 18.2 Å². The maximum absolute atomic E-state index is 12.2. The van der Waals surface area contributed by atoms with Crippen LogP contribution in [0.3, 0.4) is 0 Å². The van der Waals surface area contributed by atoms with Crippen molar-refractivity contribution in [1.29, 1.82) is 0 Å². The number of aliphatic imine (C=N–C) groups is 1. The van der Waals surface area contributed by atoms with Crippen LogP contribution in [0.15, 0.2) is 35.3 Å². The lowest BCUT2D eigenvalue weighted by Crippen LogP contribution is -2.40. The first kappa shape index (κ1) is 22.5. The lowest BCUT2D eigenvalue weighted by atomic mass is 10.1. The van der Waals surface area contributed by atoms with Gasteiger partial charge in [0.05, 0.1) is 12.1 Å². The van der Waals surface area contributed by atoms with E-state index in [4.69, 9.17) is 9.98 Å². The van der Waals surface area contributed by atoms with Crippen LogP contribution >= 0.6 is 0 Å². The molecule has 0 saturated heterocycles. The molecule has 2 rings (SSSR count). The number of guanidine groups is 1. The van der Waals surface area contributed by atoms with Crippen LogP contribution in [0.5, 0.6) is 0 Å². The summed E-state index contributed by atoms with van der Waals surface area (Å²) in [4.78, 5) is 25.5. The Hall–Kier alpha value is -2.83. The zero-order valence-corrected chi connectivity index (χ0v) is 18.3. The molecule has 1 heterocycles. The Kier molecular flexibility index (Phi) is 8.70. The number of anilines is 1. The van der Waals surface area contributed by atoms with Gasteiger partial charge in [-0.05, 0) is 38.5 Å². The molecule has 0 bridgehead atoms. The largest absolute Gasteiger partial charge is 0.363 e. The van der Waals surface area contributed by atoms with Gasteiger partial charge in [0.15, 0.2) is 5.96 Å². The van der Waals surface area contributed by atoms with Gasteiger partial charge >= 0.3 is 0 Å². The molecule has 0 radical (unpaired) electrons. The van der Waals surface area contributed by atoms with E-state index in [9.17, 15) is 4.79 Å². The van der Waals surface area contributed by atoms with E-state index in [0.29, 0.717) is 25.5 Å². The van der Waals surface area contributed by atoms with Crippen LogP contribution in [0.4, 0.5) is 5.82 Å². The maximum Gasteiger partial charge on any atom is 0.224 e. The lowest BCUT2D eigenvalue weighted by Gasteiger charge is -2.19. The van der Waals surface area contributed by atoms with Gasteiger partial charge in [0, 0.05) is 52.1 Å². The molecule has 1 aromatic carbocycles. The molecular formula is C22H34N6O. The van der Waals surface area contributed by atoms with Gasteiger partial charge in [-0.3, -0.25) is 4.79 Å². The van der Waals surface area contributed by atoms with Crippen LogP contribution in [0.1, 0.15) is 32.8 Å². The van der Waals surface area contributed by atoms with E-state index >= 15 is 0 Å². The molecule has 0 atom stereocenters. The van der Waals surface area contributed by atoms with Crippen molar-refractivity contribution >= 4 is 28.6 Å². The number of rotatable bonds is 9. The number of amides is 1. The van der Waals surface area contributed by atoms with E-state index in [-0.39, 0.29) is 5.91 Å². The van der Waals surface area contributed by atoms with Gasteiger partial charge in [0.25, 0.3) is 0 Å². The molecule has 158 valence electrons. The minimum absolute atomic E-state index is 0.161. The molecule has 7 nitrogen and oxygen atoms in total. The Morgan fingerprint density at radius 3 is 2.48 bits per heavy atom. The molecule has 1 aromatic heterocycles. The molecule has 0 aliphatic carbocycles. The van der Waals surface area contributed by atoms with Crippen LogP contribution in [0.2, 0.25) is 0 Å². The van der Waals surface area contributed by atoms with Gasteiger partial charge in [-0.2, -0.15) is 0 Å². The lowest BCUT2D eigenvalue weighted by molar-refractivity contribution is -0.130. The second kappa shape index (κ2) is 11.2. The Bertz CT molecular complexity index is 829. The standard InChI is InChI=1S/C22H34N6O/c1-6-23-22(24-14-13-21(29)28(7-2)8-3)25-16-17-15-20(27(4)5)26-19-12-10-9-11-18(17)19/h9-12,15H,6-8,13-14,16H2,1-5H3,(H2,23,24,25). The van der Waals surface area contributed by atoms with Crippen molar-refractivity contribution in [1.82, 2.24) is 20.5 Å². The summed E-state index contributed by atoms with van der Waals surface area (Å²) < 4.78 is 0. The highest BCUT2D eigenvalue weighted by molar-refractivity contribution is 5.85. The molecule has 0 saturated carbocycles. The number of hydrogen-bond acceptors (Lipinski definition) is 4. The number of fused-ring (bicyclic) bond motifs is 1. The van der Waals surface area contributed by atoms with Crippen molar-refractivity contribution in [2.75, 3.05) is 45.2 Å². The monoisotopic (exact) mass is 398 g/mol. The zero-order valence-electron chi connectivity index (χ0n) is 18.3. The van der Waals surface area contributed by atoms with Gasteiger partial charge in [-0.15, -0.1) is 0 Å². The summed E-state index contributed by atoms with van der Waals surface area (Å²) in [5.41, 5.74) is 2.09. The Morgan fingerprint density at radius 1 is 1.10 bits per heavy atom. The van der Waals surface area contributed by atoms with E-state index in [2.05, 4.69) is 22.8 Å². The van der Waals surface area contributed by atoms with E-state index < -0.39 is 0 Å². The summed E-state index contributed by atoms with van der Waals surface area (Å²) in [6.45, 7) is 9.37. The summed E-state index contributed by atoms with van der Waals surface area (Å²) in [6.07, 6.45) is 0.453. The highest BCUT2D eigenvalue weighted by atomic mass is 16.2. The molecule has 0 unspecified atom stereocenters. The number of hydrogen-bond donors (Lipinski definition) is 2. The molecule has 0 fully saturated rings. The average Bonchev–Trinajstić information content (AvgIpc) is 2.72. The molecule has 0 aliphatic heterocycles. The Labute approximate surface area is 174 Å².